The van der Waals surface area contributed by atoms with Crippen LogP contribution in [-0.2, 0) is 6.54 Å². The van der Waals surface area contributed by atoms with Gasteiger partial charge in [-0.1, -0.05) is 0 Å². The number of piperidine rings is 1. The molecule has 1 unspecified atom stereocenters. The topological polar surface area (TPSA) is 68.7 Å². The molecule has 1 aromatic rings. The van der Waals surface area contributed by atoms with Crippen molar-refractivity contribution < 1.29 is 9.90 Å². The number of likely N-dealkylation sites (N-methyl/N-ethyl adjacent to an activating group) is 1. The van der Waals surface area contributed by atoms with Gasteiger partial charge in [-0.05, 0) is 50.9 Å². The first-order valence-electron chi connectivity index (χ1n) is 8.28. The molecule has 0 aliphatic carbocycles. The summed E-state index contributed by atoms with van der Waals surface area (Å²) < 4.78 is 0. The Kier molecular flexibility index (Phi) is 6.36. The summed E-state index contributed by atoms with van der Waals surface area (Å²) in [5.74, 6) is 0. The zero-order chi connectivity index (χ0) is 16.8. The van der Waals surface area contributed by atoms with Crippen LogP contribution >= 0.6 is 0 Å². The molecule has 2 N–H and O–H groups in total. The zero-order valence-electron chi connectivity index (χ0n) is 14.3. The minimum Gasteiger partial charge on any atom is -0.392 e. The van der Waals surface area contributed by atoms with E-state index in [4.69, 9.17) is 0 Å². The van der Waals surface area contributed by atoms with Gasteiger partial charge in [0.05, 0.1) is 6.10 Å². The first kappa shape index (κ1) is 17.7. The number of rotatable bonds is 5. The second-order valence-corrected chi connectivity index (χ2v) is 6.47. The van der Waals surface area contributed by atoms with Crippen LogP contribution in [0, 0.1) is 6.92 Å². The molecular formula is C17H28N4O2. The van der Waals surface area contributed by atoms with Crippen molar-refractivity contribution in [3.63, 3.8) is 0 Å². The number of hydrogen-bond acceptors (Lipinski definition) is 4. The molecule has 0 bridgehead atoms. The molecule has 0 spiro atoms. The number of carbonyl (C=O) groups is 1. The van der Waals surface area contributed by atoms with Crippen LogP contribution in [0.2, 0.25) is 0 Å². The number of hydrogen-bond donors (Lipinski definition) is 2. The molecule has 1 saturated heterocycles. The van der Waals surface area contributed by atoms with E-state index >= 15 is 0 Å². The van der Waals surface area contributed by atoms with Crippen molar-refractivity contribution in [2.45, 2.75) is 45.4 Å². The molecule has 2 rings (SSSR count). The normalized spacial score (nSPS) is 17.3. The summed E-state index contributed by atoms with van der Waals surface area (Å²) >= 11 is 0. The van der Waals surface area contributed by atoms with E-state index < -0.39 is 0 Å². The van der Waals surface area contributed by atoms with E-state index in [1.807, 2.05) is 24.9 Å². The van der Waals surface area contributed by atoms with Gasteiger partial charge in [0.1, 0.15) is 0 Å². The number of pyridine rings is 1. The molecule has 0 aromatic carbocycles. The highest BCUT2D eigenvalue weighted by Crippen LogP contribution is 2.16. The summed E-state index contributed by atoms with van der Waals surface area (Å²) in [4.78, 5) is 20.4. The summed E-state index contributed by atoms with van der Waals surface area (Å²) in [7, 11) is 2.04. The van der Waals surface area contributed by atoms with Crippen LogP contribution in [0.25, 0.3) is 0 Å². The van der Waals surface area contributed by atoms with E-state index in [2.05, 4.69) is 15.2 Å². The number of amides is 2. The summed E-state index contributed by atoms with van der Waals surface area (Å²) in [6, 6.07) is 2.38. The Balaban J connectivity index is 1.76. The van der Waals surface area contributed by atoms with Crippen molar-refractivity contribution in [3.8, 4) is 0 Å². The highest BCUT2D eigenvalue weighted by Gasteiger charge is 2.25. The Morgan fingerprint density at radius 3 is 2.83 bits per heavy atom. The number of carbonyl (C=O) groups excluding carboxylic acids is 1. The summed E-state index contributed by atoms with van der Waals surface area (Å²) in [5, 5.41) is 12.5. The lowest BCUT2D eigenvalue weighted by atomic mass is 10.0. The van der Waals surface area contributed by atoms with Gasteiger partial charge in [-0.25, -0.2) is 4.79 Å². The van der Waals surface area contributed by atoms with Crippen LogP contribution < -0.4 is 5.32 Å². The molecule has 1 aromatic heterocycles. The van der Waals surface area contributed by atoms with Gasteiger partial charge in [-0.2, -0.15) is 0 Å². The highest BCUT2D eigenvalue weighted by molar-refractivity contribution is 5.74. The first-order valence-corrected chi connectivity index (χ1v) is 8.28. The Morgan fingerprint density at radius 1 is 1.52 bits per heavy atom. The SMILES string of the molecule is Cc1ccncc1CNC(=O)N1CCC(N(C)CC(C)O)CC1. The van der Waals surface area contributed by atoms with E-state index in [1.54, 1.807) is 19.3 Å². The van der Waals surface area contributed by atoms with Gasteiger partial charge >= 0.3 is 6.03 Å². The summed E-state index contributed by atoms with van der Waals surface area (Å²) in [6.45, 7) is 6.53. The second-order valence-electron chi connectivity index (χ2n) is 6.47. The monoisotopic (exact) mass is 320 g/mol. The number of aromatic nitrogens is 1. The van der Waals surface area contributed by atoms with Gasteiger partial charge in [0, 0.05) is 44.6 Å². The molecule has 23 heavy (non-hydrogen) atoms. The lowest BCUT2D eigenvalue weighted by Gasteiger charge is -2.37. The average Bonchev–Trinajstić information content (AvgIpc) is 2.53. The van der Waals surface area contributed by atoms with Crippen molar-refractivity contribution in [1.82, 2.24) is 20.1 Å². The molecule has 0 saturated carbocycles. The van der Waals surface area contributed by atoms with Gasteiger partial charge < -0.3 is 20.2 Å². The van der Waals surface area contributed by atoms with Gasteiger partial charge in [-0.15, -0.1) is 0 Å². The van der Waals surface area contributed by atoms with Gasteiger partial charge in [0.2, 0.25) is 0 Å². The molecule has 2 amide bonds. The Labute approximate surface area is 138 Å². The van der Waals surface area contributed by atoms with Gasteiger partial charge in [0.25, 0.3) is 0 Å². The van der Waals surface area contributed by atoms with Crippen LogP contribution in [0.5, 0.6) is 0 Å². The maximum Gasteiger partial charge on any atom is 0.317 e. The van der Waals surface area contributed by atoms with E-state index in [-0.39, 0.29) is 12.1 Å². The molecule has 2 heterocycles. The maximum absolute atomic E-state index is 12.3. The van der Waals surface area contributed by atoms with Crippen LogP contribution in [0.1, 0.15) is 30.9 Å². The van der Waals surface area contributed by atoms with Crippen LogP contribution in [-0.4, -0.2) is 64.7 Å². The third kappa shape index (κ3) is 5.18. The van der Waals surface area contributed by atoms with Crippen molar-refractivity contribution in [2.24, 2.45) is 0 Å². The Morgan fingerprint density at radius 2 is 2.22 bits per heavy atom. The van der Waals surface area contributed by atoms with E-state index in [1.165, 1.54) is 0 Å². The smallest absolute Gasteiger partial charge is 0.317 e. The fourth-order valence-corrected chi connectivity index (χ4v) is 3.04. The number of urea groups is 1. The Hall–Kier alpha value is -1.66. The fourth-order valence-electron chi connectivity index (χ4n) is 3.04. The number of aliphatic hydroxyl groups excluding tert-OH is 1. The largest absolute Gasteiger partial charge is 0.392 e. The summed E-state index contributed by atoms with van der Waals surface area (Å²) in [5.41, 5.74) is 2.19. The average molecular weight is 320 g/mol. The van der Waals surface area contributed by atoms with Gasteiger partial charge in [-0.3, -0.25) is 4.98 Å². The predicted octanol–water partition coefficient (Wildman–Crippen LogP) is 1.38. The fraction of sp³-hybridized carbons (Fsp3) is 0.647. The van der Waals surface area contributed by atoms with E-state index in [9.17, 15) is 9.90 Å². The maximum atomic E-state index is 12.3. The zero-order valence-corrected chi connectivity index (χ0v) is 14.3. The lowest BCUT2D eigenvalue weighted by Crippen LogP contribution is -2.49. The quantitative estimate of drug-likeness (QED) is 0.860. The third-order valence-corrected chi connectivity index (χ3v) is 4.50. The molecule has 6 nitrogen and oxygen atoms in total. The lowest BCUT2D eigenvalue weighted by molar-refractivity contribution is 0.0874. The second kappa shape index (κ2) is 8.26. The molecule has 1 atom stereocenters. The number of likely N-dealkylation sites (tertiary alicyclic amines) is 1. The number of aryl methyl sites for hydroxylation is 1. The molecular weight excluding hydrogens is 292 g/mol. The van der Waals surface area contributed by atoms with Crippen molar-refractivity contribution >= 4 is 6.03 Å². The Bertz CT molecular complexity index is 513. The molecule has 0 radical (unpaired) electrons. The van der Waals surface area contributed by atoms with E-state index in [0.29, 0.717) is 19.1 Å². The number of nitrogens with one attached hydrogen (secondary N) is 1. The number of aliphatic hydroxyl groups is 1. The first-order chi connectivity index (χ1) is 11.0. The predicted molar refractivity (Wildman–Crippen MR) is 90.1 cm³/mol. The molecule has 1 aliphatic heterocycles. The summed E-state index contributed by atoms with van der Waals surface area (Å²) in [6.07, 6.45) is 5.14. The molecule has 1 fully saturated rings. The molecule has 6 heteroatoms. The minimum atomic E-state index is -0.316. The molecule has 128 valence electrons. The van der Waals surface area contributed by atoms with E-state index in [0.717, 1.165) is 37.1 Å². The standard InChI is InChI=1S/C17H28N4O2/c1-13-4-7-18-10-15(13)11-19-17(23)21-8-5-16(6-9-21)20(3)12-14(2)22/h4,7,10,14,16,22H,5-6,8-9,11-12H2,1-3H3,(H,19,23). The number of nitrogens with zero attached hydrogens (tertiary/aromatic N) is 3. The van der Waals surface area contributed by atoms with Crippen molar-refractivity contribution in [2.75, 3.05) is 26.7 Å². The minimum absolute atomic E-state index is 0.00937. The van der Waals surface area contributed by atoms with Crippen molar-refractivity contribution in [1.29, 1.82) is 0 Å². The third-order valence-electron chi connectivity index (χ3n) is 4.50. The van der Waals surface area contributed by atoms with Crippen LogP contribution in [0.15, 0.2) is 18.5 Å². The highest BCUT2D eigenvalue weighted by atomic mass is 16.3. The van der Waals surface area contributed by atoms with Crippen LogP contribution in [0.4, 0.5) is 4.79 Å². The van der Waals surface area contributed by atoms with Crippen LogP contribution in [0.3, 0.4) is 0 Å². The van der Waals surface area contributed by atoms with Crippen molar-refractivity contribution in [3.05, 3.63) is 29.6 Å². The molecule has 1 aliphatic rings. The van der Waals surface area contributed by atoms with Gasteiger partial charge in [0.15, 0.2) is 0 Å².